The predicted molar refractivity (Wildman–Crippen MR) is 45.2 cm³/mol. The zero-order chi connectivity index (χ0) is 10.7. The van der Waals surface area contributed by atoms with Gasteiger partial charge in [-0.15, -0.1) is 0 Å². The van der Waals surface area contributed by atoms with Gasteiger partial charge in [0.05, 0.1) is 0 Å². The van der Waals surface area contributed by atoms with Crippen LogP contribution in [0.5, 0.6) is 0 Å². The van der Waals surface area contributed by atoms with E-state index in [-0.39, 0.29) is 13.0 Å². The molecular formula is C4H11NO6S2. The largest absolute Gasteiger partial charge is 0.330 e. The average Bonchev–Trinajstić information content (AvgIpc) is 1.81. The number of nitrogens with two attached hydrogens (primary N) is 1. The summed E-state index contributed by atoms with van der Waals surface area (Å²) in [5, 5.41) is 0. The van der Waals surface area contributed by atoms with Gasteiger partial charge in [0.15, 0.2) is 0 Å². The summed E-state index contributed by atoms with van der Waals surface area (Å²) >= 11 is 0. The van der Waals surface area contributed by atoms with Gasteiger partial charge in [-0.25, -0.2) is 0 Å². The minimum atomic E-state index is -4.79. The fourth-order valence-electron chi connectivity index (χ4n) is 0.736. The van der Waals surface area contributed by atoms with Crippen molar-refractivity contribution in [1.29, 1.82) is 0 Å². The monoisotopic (exact) mass is 233 g/mol. The summed E-state index contributed by atoms with van der Waals surface area (Å²) in [5.41, 5.74) is 5.01. The summed E-state index contributed by atoms with van der Waals surface area (Å²) in [5.74, 6) is 0. The molecule has 0 aliphatic carbocycles. The van der Waals surface area contributed by atoms with Crippen molar-refractivity contribution in [3.05, 3.63) is 0 Å². The molecule has 13 heavy (non-hydrogen) atoms. The highest BCUT2D eigenvalue weighted by atomic mass is 32.3. The third kappa shape index (κ3) is 4.52. The molecule has 0 saturated carbocycles. The first-order valence-electron chi connectivity index (χ1n) is 3.32. The van der Waals surface area contributed by atoms with Gasteiger partial charge in [-0.05, 0) is 19.4 Å². The van der Waals surface area contributed by atoms with Gasteiger partial charge in [0, 0.05) is 0 Å². The van der Waals surface area contributed by atoms with Crippen LogP contribution in [0.4, 0.5) is 0 Å². The van der Waals surface area contributed by atoms with Crippen molar-refractivity contribution >= 4 is 20.2 Å². The first-order chi connectivity index (χ1) is 5.69. The minimum Gasteiger partial charge on any atom is -0.330 e. The van der Waals surface area contributed by atoms with E-state index in [1.54, 1.807) is 0 Å². The quantitative estimate of drug-likeness (QED) is 0.509. The van der Waals surface area contributed by atoms with Crippen LogP contribution in [-0.4, -0.2) is 37.1 Å². The molecule has 0 aromatic rings. The Labute approximate surface area is 76.4 Å². The summed E-state index contributed by atoms with van der Waals surface area (Å²) < 4.78 is 56.5. The van der Waals surface area contributed by atoms with Crippen molar-refractivity contribution in [3.8, 4) is 0 Å². The van der Waals surface area contributed by atoms with E-state index < -0.39 is 31.2 Å². The molecule has 0 bridgehead atoms. The predicted octanol–water partition coefficient (Wildman–Crippen LogP) is -1.17. The van der Waals surface area contributed by atoms with Crippen LogP contribution in [0.25, 0.3) is 0 Å². The first-order valence-corrected chi connectivity index (χ1v) is 6.33. The van der Waals surface area contributed by atoms with Crippen LogP contribution in [0.1, 0.15) is 12.8 Å². The van der Waals surface area contributed by atoms with E-state index >= 15 is 0 Å². The van der Waals surface area contributed by atoms with Gasteiger partial charge in [-0.3, -0.25) is 9.11 Å². The lowest BCUT2D eigenvalue weighted by Crippen LogP contribution is -2.30. The van der Waals surface area contributed by atoms with Gasteiger partial charge in [0.2, 0.25) is 4.58 Å². The van der Waals surface area contributed by atoms with Gasteiger partial charge in [0.1, 0.15) is 0 Å². The first kappa shape index (κ1) is 12.8. The van der Waals surface area contributed by atoms with Crippen molar-refractivity contribution in [2.24, 2.45) is 5.73 Å². The Morgan fingerprint density at radius 3 is 1.69 bits per heavy atom. The Morgan fingerprint density at radius 2 is 1.46 bits per heavy atom. The molecule has 80 valence electrons. The van der Waals surface area contributed by atoms with Gasteiger partial charge >= 0.3 is 0 Å². The van der Waals surface area contributed by atoms with Crippen LogP contribution < -0.4 is 5.73 Å². The van der Waals surface area contributed by atoms with Crippen molar-refractivity contribution < 1.29 is 25.9 Å². The molecule has 0 fully saturated rings. The summed E-state index contributed by atoms with van der Waals surface area (Å²) in [7, 11) is -9.58. The number of rotatable bonds is 5. The lowest BCUT2D eigenvalue weighted by Gasteiger charge is -2.08. The third-order valence-corrected chi connectivity index (χ3v) is 4.57. The van der Waals surface area contributed by atoms with Crippen LogP contribution in [0.15, 0.2) is 0 Å². The second kappa shape index (κ2) is 4.33. The highest BCUT2D eigenvalue weighted by Gasteiger charge is 2.34. The molecule has 0 spiro atoms. The lowest BCUT2D eigenvalue weighted by atomic mass is 10.3. The molecule has 0 aromatic heterocycles. The average molecular weight is 233 g/mol. The maximum Gasteiger partial charge on any atom is 0.284 e. The topological polar surface area (TPSA) is 135 Å². The normalized spacial score (nSPS) is 13.5. The molecule has 0 heterocycles. The van der Waals surface area contributed by atoms with E-state index in [0.717, 1.165) is 0 Å². The van der Waals surface area contributed by atoms with E-state index in [1.807, 2.05) is 0 Å². The second-order valence-corrected chi connectivity index (χ2v) is 5.89. The molecule has 0 saturated heterocycles. The minimum absolute atomic E-state index is 0.0710. The van der Waals surface area contributed by atoms with Crippen LogP contribution in [-0.2, 0) is 20.2 Å². The molecule has 4 N–H and O–H groups in total. The number of hydrogen-bond donors (Lipinski definition) is 3. The van der Waals surface area contributed by atoms with Crippen molar-refractivity contribution in [1.82, 2.24) is 0 Å². The Kier molecular flexibility index (Phi) is 4.26. The SMILES string of the molecule is NCCCC(S(=O)(=O)O)S(=O)(=O)O. The Morgan fingerprint density at radius 1 is 1.08 bits per heavy atom. The molecule has 0 atom stereocenters. The number of hydrogen-bond acceptors (Lipinski definition) is 5. The molecule has 0 radical (unpaired) electrons. The van der Waals surface area contributed by atoms with Crippen LogP contribution in [0.2, 0.25) is 0 Å². The van der Waals surface area contributed by atoms with E-state index in [0.29, 0.717) is 0 Å². The van der Waals surface area contributed by atoms with Crippen LogP contribution >= 0.6 is 0 Å². The molecule has 0 aromatic carbocycles. The summed E-state index contributed by atoms with van der Waals surface area (Å²) in [6.07, 6.45) is -0.349. The molecule has 0 unspecified atom stereocenters. The fraction of sp³-hybridized carbons (Fsp3) is 1.00. The Bertz CT molecular complexity index is 311. The molecule has 9 heteroatoms. The van der Waals surface area contributed by atoms with Gasteiger partial charge in [-0.2, -0.15) is 16.8 Å². The van der Waals surface area contributed by atoms with Crippen molar-refractivity contribution in [2.45, 2.75) is 17.4 Å². The molecule has 0 aliphatic rings. The molecule has 7 nitrogen and oxygen atoms in total. The van der Waals surface area contributed by atoms with Gasteiger partial charge in [0.25, 0.3) is 20.2 Å². The smallest absolute Gasteiger partial charge is 0.284 e. The Hall–Kier alpha value is -0.220. The molecular weight excluding hydrogens is 222 g/mol. The maximum absolute atomic E-state index is 10.5. The van der Waals surface area contributed by atoms with Crippen molar-refractivity contribution in [3.63, 3.8) is 0 Å². The summed E-state index contributed by atoms with van der Waals surface area (Å²) in [6, 6.07) is 0. The maximum atomic E-state index is 10.5. The van der Waals surface area contributed by atoms with E-state index in [4.69, 9.17) is 14.8 Å². The summed E-state index contributed by atoms with van der Waals surface area (Å²) in [6.45, 7) is 0.0710. The van der Waals surface area contributed by atoms with Crippen LogP contribution in [0.3, 0.4) is 0 Å². The Balaban J connectivity index is 4.81. The van der Waals surface area contributed by atoms with Gasteiger partial charge < -0.3 is 5.73 Å². The highest BCUT2D eigenvalue weighted by Crippen LogP contribution is 2.12. The fourth-order valence-corrected chi connectivity index (χ4v) is 2.89. The molecule has 0 rings (SSSR count). The van der Waals surface area contributed by atoms with E-state index in [2.05, 4.69) is 0 Å². The van der Waals surface area contributed by atoms with E-state index in [1.165, 1.54) is 0 Å². The third-order valence-electron chi connectivity index (χ3n) is 1.31. The van der Waals surface area contributed by atoms with Crippen molar-refractivity contribution in [2.75, 3.05) is 6.54 Å². The molecule has 0 aliphatic heterocycles. The zero-order valence-corrected chi connectivity index (χ0v) is 8.25. The standard InChI is InChI=1S/C4H11NO6S2/c5-3-1-2-4(12(6,7)8)13(9,10)11/h4H,1-3,5H2,(H,6,7,8)(H,9,10,11). The van der Waals surface area contributed by atoms with Gasteiger partial charge in [-0.1, -0.05) is 0 Å². The van der Waals surface area contributed by atoms with E-state index in [9.17, 15) is 16.8 Å². The van der Waals surface area contributed by atoms with Crippen LogP contribution in [0, 0.1) is 0 Å². The zero-order valence-electron chi connectivity index (χ0n) is 6.62. The molecule has 0 amide bonds. The summed E-state index contributed by atoms with van der Waals surface area (Å²) in [4.78, 5) is 0. The highest BCUT2D eigenvalue weighted by molar-refractivity contribution is 8.03. The lowest BCUT2D eigenvalue weighted by molar-refractivity contribution is 0.449. The second-order valence-electron chi connectivity index (χ2n) is 2.39.